The summed E-state index contributed by atoms with van der Waals surface area (Å²) >= 11 is 0. The van der Waals surface area contributed by atoms with Crippen molar-refractivity contribution in [2.24, 2.45) is 11.3 Å². The van der Waals surface area contributed by atoms with Gasteiger partial charge in [-0.15, -0.1) is 0 Å². The van der Waals surface area contributed by atoms with Crippen LogP contribution >= 0.6 is 0 Å². The standard InChI is InChI=1S/C15H31NO/c1-7-16-11-15(5,6)17-13-8-12(2)9-14(3,4)10-13/h12-13,16H,7-11H2,1-6H3. The van der Waals surface area contributed by atoms with Crippen LogP contribution in [-0.4, -0.2) is 24.8 Å². The fraction of sp³-hybridized carbons (Fsp3) is 1.00. The normalized spacial score (nSPS) is 29.3. The van der Waals surface area contributed by atoms with Crippen molar-refractivity contribution in [2.75, 3.05) is 13.1 Å². The molecule has 1 rings (SSSR count). The summed E-state index contributed by atoms with van der Waals surface area (Å²) < 4.78 is 6.32. The van der Waals surface area contributed by atoms with E-state index in [0.717, 1.165) is 19.0 Å². The summed E-state index contributed by atoms with van der Waals surface area (Å²) in [6, 6.07) is 0. The van der Waals surface area contributed by atoms with Gasteiger partial charge >= 0.3 is 0 Å². The molecular weight excluding hydrogens is 210 g/mol. The Morgan fingerprint density at radius 1 is 1.29 bits per heavy atom. The number of nitrogens with one attached hydrogen (secondary N) is 1. The van der Waals surface area contributed by atoms with Gasteiger partial charge < -0.3 is 10.1 Å². The van der Waals surface area contributed by atoms with E-state index in [2.05, 4.69) is 46.9 Å². The molecule has 1 fully saturated rings. The highest BCUT2D eigenvalue weighted by Crippen LogP contribution is 2.40. The maximum atomic E-state index is 6.32. The smallest absolute Gasteiger partial charge is 0.0754 e. The van der Waals surface area contributed by atoms with E-state index < -0.39 is 0 Å². The highest BCUT2D eigenvalue weighted by atomic mass is 16.5. The van der Waals surface area contributed by atoms with E-state index in [1.807, 2.05) is 0 Å². The van der Waals surface area contributed by atoms with E-state index in [9.17, 15) is 0 Å². The Morgan fingerprint density at radius 2 is 1.94 bits per heavy atom. The largest absolute Gasteiger partial charge is 0.371 e. The third kappa shape index (κ3) is 5.39. The van der Waals surface area contributed by atoms with Crippen molar-refractivity contribution >= 4 is 0 Å². The first-order valence-corrected chi connectivity index (χ1v) is 7.13. The van der Waals surface area contributed by atoms with Gasteiger partial charge in [0.1, 0.15) is 0 Å². The number of rotatable bonds is 5. The molecule has 0 saturated heterocycles. The topological polar surface area (TPSA) is 21.3 Å². The molecule has 102 valence electrons. The second-order valence-corrected chi connectivity index (χ2v) is 7.19. The van der Waals surface area contributed by atoms with E-state index in [-0.39, 0.29) is 5.60 Å². The lowest BCUT2D eigenvalue weighted by atomic mass is 9.71. The molecule has 0 aromatic heterocycles. The first-order valence-electron chi connectivity index (χ1n) is 7.13. The zero-order chi connectivity index (χ0) is 13.1. The lowest BCUT2D eigenvalue weighted by Crippen LogP contribution is -2.43. The molecule has 0 aromatic rings. The van der Waals surface area contributed by atoms with Gasteiger partial charge in [-0.1, -0.05) is 27.7 Å². The van der Waals surface area contributed by atoms with E-state index in [1.165, 1.54) is 19.3 Å². The molecular formula is C15H31NO. The van der Waals surface area contributed by atoms with Gasteiger partial charge in [0.05, 0.1) is 11.7 Å². The first-order chi connectivity index (χ1) is 7.74. The minimum absolute atomic E-state index is 0.0478. The molecule has 17 heavy (non-hydrogen) atoms. The molecule has 2 nitrogen and oxygen atoms in total. The molecule has 1 N–H and O–H groups in total. The number of hydrogen-bond donors (Lipinski definition) is 1. The average molecular weight is 241 g/mol. The van der Waals surface area contributed by atoms with Crippen molar-refractivity contribution < 1.29 is 4.74 Å². The van der Waals surface area contributed by atoms with E-state index in [0.29, 0.717) is 11.5 Å². The Hall–Kier alpha value is -0.0800. The average Bonchev–Trinajstić information content (AvgIpc) is 2.10. The van der Waals surface area contributed by atoms with Crippen LogP contribution in [0.1, 0.15) is 60.8 Å². The van der Waals surface area contributed by atoms with Gasteiger partial charge in [0.15, 0.2) is 0 Å². The van der Waals surface area contributed by atoms with Gasteiger partial charge in [0, 0.05) is 6.54 Å². The zero-order valence-corrected chi connectivity index (χ0v) is 12.6. The molecule has 0 aliphatic heterocycles. The first kappa shape index (κ1) is 15.0. The molecule has 0 heterocycles. The number of likely N-dealkylation sites (N-methyl/N-ethyl adjacent to an activating group) is 1. The predicted molar refractivity (Wildman–Crippen MR) is 74.3 cm³/mol. The van der Waals surface area contributed by atoms with Crippen LogP contribution in [0.4, 0.5) is 0 Å². The second kappa shape index (κ2) is 5.71. The van der Waals surface area contributed by atoms with Crippen LogP contribution in [-0.2, 0) is 4.74 Å². The third-order valence-electron chi connectivity index (χ3n) is 3.63. The van der Waals surface area contributed by atoms with E-state index in [4.69, 9.17) is 4.74 Å². The third-order valence-corrected chi connectivity index (χ3v) is 3.63. The summed E-state index contributed by atoms with van der Waals surface area (Å²) in [5.41, 5.74) is 0.393. The van der Waals surface area contributed by atoms with Crippen molar-refractivity contribution in [1.82, 2.24) is 5.32 Å². The molecule has 0 bridgehead atoms. The monoisotopic (exact) mass is 241 g/mol. The SMILES string of the molecule is CCNCC(C)(C)OC1CC(C)CC(C)(C)C1. The van der Waals surface area contributed by atoms with Gasteiger partial charge in [0.25, 0.3) is 0 Å². The zero-order valence-electron chi connectivity index (χ0n) is 12.6. The van der Waals surface area contributed by atoms with Crippen molar-refractivity contribution in [3.05, 3.63) is 0 Å². The van der Waals surface area contributed by atoms with Crippen LogP contribution in [0.25, 0.3) is 0 Å². The van der Waals surface area contributed by atoms with Crippen LogP contribution in [0.2, 0.25) is 0 Å². The second-order valence-electron chi connectivity index (χ2n) is 7.19. The van der Waals surface area contributed by atoms with Crippen molar-refractivity contribution in [3.8, 4) is 0 Å². The summed E-state index contributed by atoms with van der Waals surface area (Å²) in [5.74, 6) is 0.790. The molecule has 0 aromatic carbocycles. The quantitative estimate of drug-likeness (QED) is 0.794. The van der Waals surface area contributed by atoms with Crippen molar-refractivity contribution in [2.45, 2.75) is 72.5 Å². The number of ether oxygens (including phenoxy) is 1. The highest BCUT2D eigenvalue weighted by molar-refractivity contribution is 4.85. The van der Waals surface area contributed by atoms with Gasteiger partial charge in [0.2, 0.25) is 0 Å². The van der Waals surface area contributed by atoms with Crippen molar-refractivity contribution in [3.63, 3.8) is 0 Å². The summed E-state index contributed by atoms with van der Waals surface area (Å²) in [5, 5.41) is 3.39. The summed E-state index contributed by atoms with van der Waals surface area (Å²) in [4.78, 5) is 0. The van der Waals surface area contributed by atoms with Crippen LogP contribution in [0.15, 0.2) is 0 Å². The molecule has 0 radical (unpaired) electrons. The van der Waals surface area contributed by atoms with Crippen molar-refractivity contribution in [1.29, 1.82) is 0 Å². The van der Waals surface area contributed by atoms with Gasteiger partial charge in [-0.05, 0) is 51.0 Å². The van der Waals surface area contributed by atoms with Gasteiger partial charge in [-0.2, -0.15) is 0 Å². The minimum Gasteiger partial charge on any atom is -0.371 e. The van der Waals surface area contributed by atoms with E-state index in [1.54, 1.807) is 0 Å². The Bertz CT molecular complexity index is 235. The Balaban J connectivity index is 2.50. The fourth-order valence-electron chi connectivity index (χ4n) is 3.27. The fourth-order valence-corrected chi connectivity index (χ4v) is 3.27. The molecule has 0 spiro atoms. The number of hydrogen-bond acceptors (Lipinski definition) is 2. The Labute approximate surface area is 108 Å². The maximum absolute atomic E-state index is 6.32. The van der Waals surface area contributed by atoms with E-state index >= 15 is 0 Å². The summed E-state index contributed by atoms with van der Waals surface area (Å²) in [7, 11) is 0. The van der Waals surface area contributed by atoms with Gasteiger partial charge in [-0.3, -0.25) is 0 Å². The van der Waals surface area contributed by atoms with Crippen LogP contribution in [0.5, 0.6) is 0 Å². The Morgan fingerprint density at radius 3 is 2.47 bits per heavy atom. The molecule has 1 aliphatic carbocycles. The molecule has 1 saturated carbocycles. The van der Waals surface area contributed by atoms with Crippen LogP contribution in [0, 0.1) is 11.3 Å². The van der Waals surface area contributed by atoms with Gasteiger partial charge in [-0.25, -0.2) is 0 Å². The molecule has 2 heteroatoms. The summed E-state index contributed by atoms with van der Waals surface area (Å²) in [6.07, 6.45) is 4.19. The Kier molecular flexibility index (Phi) is 5.03. The predicted octanol–water partition coefficient (Wildman–Crippen LogP) is 3.61. The molecule has 1 aliphatic rings. The molecule has 2 unspecified atom stereocenters. The summed E-state index contributed by atoms with van der Waals surface area (Å²) in [6.45, 7) is 15.6. The minimum atomic E-state index is -0.0478. The lowest BCUT2D eigenvalue weighted by Gasteiger charge is -2.42. The molecule has 2 atom stereocenters. The molecule has 0 amide bonds. The maximum Gasteiger partial charge on any atom is 0.0754 e. The van der Waals surface area contributed by atoms with Crippen LogP contribution in [0.3, 0.4) is 0 Å². The lowest BCUT2D eigenvalue weighted by molar-refractivity contribution is -0.107. The van der Waals surface area contributed by atoms with Crippen LogP contribution < -0.4 is 5.32 Å². The highest BCUT2D eigenvalue weighted by Gasteiger charge is 2.35.